The van der Waals surface area contributed by atoms with Crippen LogP contribution >= 0.6 is 0 Å². The Labute approximate surface area is 176 Å². The highest BCUT2D eigenvalue weighted by atomic mass is 19.1. The van der Waals surface area contributed by atoms with E-state index in [1.54, 1.807) is 12.1 Å². The van der Waals surface area contributed by atoms with Crippen LogP contribution in [-0.4, -0.2) is 10.7 Å². The van der Waals surface area contributed by atoms with E-state index in [0.29, 0.717) is 11.5 Å². The number of halogens is 1. The van der Waals surface area contributed by atoms with E-state index in [1.165, 1.54) is 24.3 Å². The molecule has 1 aromatic heterocycles. The van der Waals surface area contributed by atoms with Crippen molar-refractivity contribution in [3.63, 3.8) is 0 Å². The molecule has 0 spiro atoms. The quantitative estimate of drug-likeness (QED) is 0.449. The van der Waals surface area contributed by atoms with Gasteiger partial charge in [0.05, 0.1) is 23.4 Å². The highest BCUT2D eigenvalue weighted by molar-refractivity contribution is 5.90. The lowest BCUT2D eigenvalue weighted by atomic mass is 9.77. The molecule has 0 saturated heterocycles. The van der Waals surface area contributed by atoms with Gasteiger partial charge in [-0.05, 0) is 35.9 Å². The number of benzene rings is 2. The van der Waals surface area contributed by atoms with Crippen LogP contribution in [-0.2, 0) is 4.79 Å². The van der Waals surface area contributed by atoms with Crippen LogP contribution in [0.15, 0.2) is 76.9 Å². The second kappa shape index (κ2) is 7.39. The molecule has 0 saturated carbocycles. The first-order chi connectivity index (χ1) is 15.0. The lowest BCUT2D eigenvalue weighted by Gasteiger charge is -2.31. The van der Waals surface area contributed by atoms with E-state index in [-0.39, 0.29) is 29.8 Å². The Kier molecular flexibility index (Phi) is 4.54. The van der Waals surface area contributed by atoms with Gasteiger partial charge >= 0.3 is 5.88 Å². The highest BCUT2D eigenvalue weighted by Gasteiger charge is 2.41. The smallest absolute Gasteiger partial charge is 0.404 e. The number of nitrogens with one attached hydrogen (secondary N) is 2. The summed E-state index contributed by atoms with van der Waals surface area (Å²) in [5.41, 5.74) is 3.08. The molecular formula is C23H18FN3O4. The van der Waals surface area contributed by atoms with Gasteiger partial charge in [-0.25, -0.2) is 4.39 Å². The second-order valence-electron chi connectivity index (χ2n) is 7.65. The number of Topliss-reactive ketones (excluding diaryl/α,β-unsaturated/α-hetero) is 1. The van der Waals surface area contributed by atoms with E-state index < -0.39 is 16.9 Å². The molecule has 156 valence electrons. The molecule has 2 aliphatic rings. The maximum absolute atomic E-state index is 13.4. The van der Waals surface area contributed by atoms with Crippen LogP contribution in [0.2, 0.25) is 0 Å². The molecule has 8 heteroatoms. The summed E-state index contributed by atoms with van der Waals surface area (Å²) in [4.78, 5) is 23.8. The largest absolute Gasteiger partial charge is 0.433 e. The Bertz CT molecular complexity index is 1200. The minimum absolute atomic E-state index is 0.0383. The zero-order chi connectivity index (χ0) is 21.5. The molecule has 1 aliphatic heterocycles. The van der Waals surface area contributed by atoms with Crippen molar-refractivity contribution in [3.05, 3.63) is 99.7 Å². The zero-order valence-corrected chi connectivity index (χ0v) is 16.2. The summed E-state index contributed by atoms with van der Waals surface area (Å²) in [6.07, 6.45) is 2.21. The van der Waals surface area contributed by atoms with Gasteiger partial charge in [0.25, 0.3) is 0 Å². The molecule has 0 radical (unpaired) electrons. The zero-order valence-electron chi connectivity index (χ0n) is 16.2. The van der Waals surface area contributed by atoms with E-state index in [1.807, 2.05) is 30.3 Å². The first-order valence-corrected chi connectivity index (χ1v) is 9.86. The molecule has 1 aliphatic carbocycles. The fourth-order valence-electron chi connectivity index (χ4n) is 4.27. The number of hydrogen-bond donors (Lipinski definition) is 2. The Morgan fingerprint density at radius 2 is 1.77 bits per heavy atom. The van der Waals surface area contributed by atoms with Crippen molar-refractivity contribution in [3.8, 4) is 0 Å². The third-order valence-electron chi connectivity index (χ3n) is 5.73. The molecule has 0 bridgehead atoms. The SMILES string of the molecule is O=C1CC(c2ccc(F)cc2)C=C2Nc3ccccc3NC(c3ccc([N+](=O)[O-])o3)C12. The summed E-state index contributed by atoms with van der Waals surface area (Å²) in [5.74, 6) is -1.25. The van der Waals surface area contributed by atoms with Crippen molar-refractivity contribution in [1.29, 1.82) is 0 Å². The second-order valence-corrected chi connectivity index (χ2v) is 7.65. The van der Waals surface area contributed by atoms with Crippen molar-refractivity contribution >= 4 is 23.0 Å². The van der Waals surface area contributed by atoms with Gasteiger partial charge in [-0.1, -0.05) is 30.3 Å². The van der Waals surface area contributed by atoms with E-state index in [9.17, 15) is 19.3 Å². The molecule has 3 unspecified atom stereocenters. The van der Waals surface area contributed by atoms with Gasteiger partial charge < -0.3 is 15.1 Å². The standard InChI is InChI=1S/C23H18FN3O4/c24-15-7-5-13(6-8-15)14-11-18-22(19(28)12-14)23(20-9-10-21(31-20)27(29)30)26-17-4-2-1-3-16(17)25-18/h1-11,14,22-23,25-26H,12H2. The van der Waals surface area contributed by atoms with Gasteiger partial charge in [0.15, 0.2) is 0 Å². The number of carbonyl (C=O) groups is 1. The average Bonchev–Trinajstić information content (AvgIpc) is 3.18. The summed E-state index contributed by atoms with van der Waals surface area (Å²) in [5, 5.41) is 17.8. The number of nitrogens with zero attached hydrogens (tertiary/aromatic N) is 1. The molecule has 0 fully saturated rings. The van der Waals surface area contributed by atoms with Gasteiger partial charge in [0.1, 0.15) is 28.3 Å². The maximum Gasteiger partial charge on any atom is 0.433 e. The third-order valence-corrected chi connectivity index (χ3v) is 5.73. The Morgan fingerprint density at radius 3 is 2.48 bits per heavy atom. The van der Waals surface area contributed by atoms with Crippen LogP contribution in [0.1, 0.15) is 29.7 Å². The highest BCUT2D eigenvalue weighted by Crippen LogP contribution is 2.45. The summed E-state index contributed by atoms with van der Waals surface area (Å²) in [6, 6.07) is 15.8. The number of hydrogen-bond acceptors (Lipinski definition) is 6. The van der Waals surface area contributed by atoms with Crippen molar-refractivity contribution in [1.82, 2.24) is 0 Å². The van der Waals surface area contributed by atoms with Gasteiger partial charge in [0.2, 0.25) is 0 Å². The number of fused-ring (bicyclic) bond motifs is 2. The van der Waals surface area contributed by atoms with Crippen molar-refractivity contribution in [2.24, 2.45) is 5.92 Å². The van der Waals surface area contributed by atoms with Gasteiger partial charge in [0, 0.05) is 18.0 Å². The maximum atomic E-state index is 13.4. The number of furan rings is 1. The van der Waals surface area contributed by atoms with Crippen molar-refractivity contribution in [2.45, 2.75) is 18.4 Å². The molecule has 2 N–H and O–H groups in total. The van der Waals surface area contributed by atoms with E-state index in [2.05, 4.69) is 10.6 Å². The number of anilines is 2. The van der Waals surface area contributed by atoms with Crippen LogP contribution < -0.4 is 10.6 Å². The molecule has 3 aromatic rings. The minimum Gasteiger partial charge on any atom is -0.404 e. The molecule has 7 nitrogen and oxygen atoms in total. The van der Waals surface area contributed by atoms with Crippen LogP contribution in [0, 0.1) is 21.8 Å². The average molecular weight is 419 g/mol. The van der Waals surface area contributed by atoms with E-state index in [0.717, 1.165) is 16.9 Å². The third kappa shape index (κ3) is 3.46. The topological polar surface area (TPSA) is 97.4 Å². The lowest BCUT2D eigenvalue weighted by Crippen LogP contribution is -2.33. The summed E-state index contributed by atoms with van der Waals surface area (Å²) >= 11 is 0. The predicted molar refractivity (Wildman–Crippen MR) is 112 cm³/mol. The fourth-order valence-corrected chi connectivity index (χ4v) is 4.27. The number of carbonyl (C=O) groups excluding carboxylic acids is 1. The van der Waals surface area contributed by atoms with Crippen LogP contribution in [0.3, 0.4) is 0 Å². The lowest BCUT2D eigenvalue weighted by molar-refractivity contribution is -0.402. The van der Waals surface area contributed by atoms with Gasteiger partial charge in [-0.15, -0.1) is 0 Å². The number of rotatable bonds is 3. The summed E-state index contributed by atoms with van der Waals surface area (Å²) in [6.45, 7) is 0. The summed E-state index contributed by atoms with van der Waals surface area (Å²) < 4.78 is 18.8. The fraction of sp³-hybridized carbons (Fsp3) is 0.174. The normalized spacial score (nSPS) is 22.3. The van der Waals surface area contributed by atoms with Crippen LogP contribution in [0.4, 0.5) is 21.6 Å². The van der Waals surface area contributed by atoms with Gasteiger partial charge in [-0.3, -0.25) is 14.9 Å². The molecule has 31 heavy (non-hydrogen) atoms. The molecular weight excluding hydrogens is 401 g/mol. The Balaban J connectivity index is 1.60. The summed E-state index contributed by atoms with van der Waals surface area (Å²) in [7, 11) is 0. The molecule has 2 aromatic carbocycles. The Hall–Kier alpha value is -3.94. The molecule has 0 amide bonds. The minimum atomic E-state index is -0.616. The van der Waals surface area contributed by atoms with Crippen molar-refractivity contribution in [2.75, 3.05) is 10.6 Å². The van der Waals surface area contributed by atoms with E-state index in [4.69, 9.17) is 4.42 Å². The number of para-hydroxylation sites is 2. The number of nitro groups is 1. The van der Waals surface area contributed by atoms with Gasteiger partial charge in [-0.2, -0.15) is 0 Å². The first-order valence-electron chi connectivity index (χ1n) is 9.86. The van der Waals surface area contributed by atoms with Crippen LogP contribution in [0.25, 0.3) is 0 Å². The van der Waals surface area contributed by atoms with Crippen molar-refractivity contribution < 1.29 is 18.5 Å². The monoisotopic (exact) mass is 419 g/mol. The Morgan fingerprint density at radius 1 is 1.03 bits per heavy atom. The number of ketones is 1. The number of allylic oxidation sites excluding steroid dienone is 1. The molecule has 3 atom stereocenters. The molecule has 5 rings (SSSR count). The molecule has 2 heterocycles. The van der Waals surface area contributed by atoms with Crippen LogP contribution in [0.5, 0.6) is 0 Å². The first kappa shape index (κ1) is 19.0. The predicted octanol–water partition coefficient (Wildman–Crippen LogP) is 5.16. The van der Waals surface area contributed by atoms with E-state index >= 15 is 0 Å².